The van der Waals surface area contributed by atoms with E-state index in [4.69, 9.17) is 9.47 Å². The molecule has 0 radical (unpaired) electrons. The molecule has 0 aromatic heterocycles. The van der Waals surface area contributed by atoms with Crippen LogP contribution in [0.2, 0.25) is 0 Å². The van der Waals surface area contributed by atoms with E-state index in [-0.39, 0.29) is 16.9 Å². The van der Waals surface area contributed by atoms with Crippen LogP contribution in [0.15, 0.2) is 22.7 Å². The Morgan fingerprint density at radius 3 is 2.52 bits per heavy atom. The third-order valence-corrected chi connectivity index (χ3v) is 4.54. The van der Waals surface area contributed by atoms with Gasteiger partial charge in [-0.3, -0.25) is 10.1 Å². The molecule has 0 aliphatic carbocycles. The Labute approximate surface area is 131 Å². The number of piperidine rings is 1. The summed E-state index contributed by atoms with van der Waals surface area (Å²) in [4.78, 5) is 13.0. The molecule has 3 rings (SSSR count). The molecule has 1 aromatic rings. The molecule has 2 fully saturated rings. The molecule has 2 heterocycles. The normalized spacial score (nSPS) is 20.9. The van der Waals surface area contributed by atoms with E-state index in [2.05, 4.69) is 20.8 Å². The third kappa shape index (κ3) is 3.20. The number of nitro benzene ring substituents is 1. The second kappa shape index (κ2) is 6.29. The minimum absolute atomic E-state index is 0.0907. The minimum atomic E-state index is -0.324. The summed E-state index contributed by atoms with van der Waals surface area (Å²) in [5.74, 6) is 0.387. The largest absolute Gasteiger partial charge is 0.366 e. The Morgan fingerprint density at radius 2 is 1.90 bits per heavy atom. The Morgan fingerprint density at radius 1 is 1.24 bits per heavy atom. The topological polar surface area (TPSA) is 64.8 Å². The van der Waals surface area contributed by atoms with Crippen molar-refractivity contribution in [3.05, 3.63) is 32.8 Å². The first-order valence-corrected chi connectivity index (χ1v) is 7.86. The fourth-order valence-electron chi connectivity index (χ4n) is 2.97. The number of halogens is 1. The molecule has 2 aliphatic heterocycles. The Bertz CT molecular complexity index is 526. The lowest BCUT2D eigenvalue weighted by Crippen LogP contribution is -2.38. The van der Waals surface area contributed by atoms with Crippen molar-refractivity contribution >= 4 is 27.3 Å². The van der Waals surface area contributed by atoms with E-state index in [9.17, 15) is 10.1 Å². The van der Waals surface area contributed by atoms with Crippen LogP contribution < -0.4 is 4.90 Å². The predicted molar refractivity (Wildman–Crippen MR) is 81.4 cm³/mol. The number of hydrogen-bond donors (Lipinski definition) is 0. The Kier molecular flexibility index (Phi) is 4.42. The highest BCUT2D eigenvalue weighted by atomic mass is 79.9. The highest BCUT2D eigenvalue weighted by Gasteiger charge is 2.32. The summed E-state index contributed by atoms with van der Waals surface area (Å²) in [6.45, 7) is 2.92. The van der Waals surface area contributed by atoms with Gasteiger partial charge < -0.3 is 14.4 Å². The number of nitrogens with zero attached hydrogens (tertiary/aromatic N) is 2. The van der Waals surface area contributed by atoms with Crippen molar-refractivity contribution in [2.45, 2.75) is 19.1 Å². The highest BCUT2D eigenvalue weighted by Crippen LogP contribution is 2.35. The molecule has 2 saturated heterocycles. The first kappa shape index (κ1) is 14.7. The Hall–Kier alpha value is -1.18. The van der Waals surface area contributed by atoms with E-state index < -0.39 is 0 Å². The molecule has 7 heteroatoms. The first-order valence-electron chi connectivity index (χ1n) is 7.07. The first-order chi connectivity index (χ1) is 10.1. The lowest BCUT2D eigenvalue weighted by Gasteiger charge is -2.34. The molecule has 0 unspecified atom stereocenters. The average Bonchev–Trinajstić information content (AvgIpc) is 3.01. The number of hydrogen-bond acceptors (Lipinski definition) is 5. The summed E-state index contributed by atoms with van der Waals surface area (Å²) in [5.41, 5.74) is 0.839. The van der Waals surface area contributed by atoms with Crippen LogP contribution in [0.25, 0.3) is 0 Å². The zero-order chi connectivity index (χ0) is 14.8. The smallest absolute Gasteiger partial charge is 0.293 e. The molecular weight excluding hydrogens is 340 g/mol. The summed E-state index contributed by atoms with van der Waals surface area (Å²) in [7, 11) is 0. The zero-order valence-electron chi connectivity index (χ0n) is 11.5. The average molecular weight is 357 g/mol. The third-order valence-electron chi connectivity index (χ3n) is 4.05. The van der Waals surface area contributed by atoms with Crippen LogP contribution in [0, 0.1) is 16.0 Å². The van der Waals surface area contributed by atoms with Gasteiger partial charge in [0, 0.05) is 29.5 Å². The molecule has 0 N–H and O–H groups in total. The van der Waals surface area contributed by atoms with E-state index >= 15 is 0 Å². The van der Waals surface area contributed by atoms with Crippen molar-refractivity contribution in [1.82, 2.24) is 0 Å². The van der Waals surface area contributed by atoms with Crippen molar-refractivity contribution < 1.29 is 14.4 Å². The van der Waals surface area contributed by atoms with Gasteiger partial charge in [0.05, 0.1) is 18.1 Å². The molecule has 1 aromatic carbocycles. The van der Waals surface area contributed by atoms with Crippen LogP contribution >= 0.6 is 15.9 Å². The van der Waals surface area contributed by atoms with Gasteiger partial charge in [-0.05, 0) is 25.0 Å². The lowest BCUT2D eigenvalue weighted by atomic mass is 9.95. The molecule has 0 spiro atoms. The van der Waals surface area contributed by atoms with E-state index in [0.29, 0.717) is 24.8 Å². The summed E-state index contributed by atoms with van der Waals surface area (Å²) >= 11 is 3.29. The Balaban J connectivity index is 1.70. The molecule has 114 valence electrons. The number of benzene rings is 1. The van der Waals surface area contributed by atoms with Crippen molar-refractivity contribution in [2.75, 3.05) is 31.2 Å². The van der Waals surface area contributed by atoms with E-state index in [1.165, 1.54) is 0 Å². The van der Waals surface area contributed by atoms with Gasteiger partial charge >= 0.3 is 0 Å². The van der Waals surface area contributed by atoms with Gasteiger partial charge in [-0.1, -0.05) is 15.9 Å². The minimum Gasteiger partial charge on any atom is -0.366 e. The quantitative estimate of drug-likeness (QED) is 0.615. The van der Waals surface area contributed by atoms with E-state index in [0.717, 1.165) is 30.4 Å². The van der Waals surface area contributed by atoms with Crippen molar-refractivity contribution in [3.8, 4) is 0 Å². The van der Waals surface area contributed by atoms with E-state index in [1.54, 1.807) is 6.07 Å². The second-order valence-electron chi connectivity index (χ2n) is 5.32. The molecule has 6 nitrogen and oxygen atoms in total. The van der Waals surface area contributed by atoms with Crippen LogP contribution in [0.5, 0.6) is 0 Å². The number of rotatable bonds is 3. The summed E-state index contributed by atoms with van der Waals surface area (Å²) < 4.78 is 11.8. The van der Waals surface area contributed by atoms with Gasteiger partial charge in [0.2, 0.25) is 0 Å². The SMILES string of the molecule is O=[N+]([O-])c1cc(Br)ccc1N1CCC(C2OCCO2)CC1. The lowest BCUT2D eigenvalue weighted by molar-refractivity contribution is -0.384. The molecule has 0 amide bonds. The number of nitro groups is 1. The van der Waals surface area contributed by atoms with Crippen LogP contribution in [0.4, 0.5) is 11.4 Å². The maximum atomic E-state index is 11.2. The van der Waals surface area contributed by atoms with Crippen molar-refractivity contribution in [2.24, 2.45) is 5.92 Å². The van der Waals surface area contributed by atoms with Gasteiger partial charge in [0.25, 0.3) is 5.69 Å². The van der Waals surface area contributed by atoms with Gasteiger partial charge in [-0.25, -0.2) is 0 Å². The fraction of sp³-hybridized carbons (Fsp3) is 0.571. The molecular formula is C14H17BrN2O4. The van der Waals surface area contributed by atoms with Gasteiger partial charge in [-0.2, -0.15) is 0 Å². The maximum absolute atomic E-state index is 11.2. The highest BCUT2D eigenvalue weighted by molar-refractivity contribution is 9.10. The maximum Gasteiger partial charge on any atom is 0.293 e. The van der Waals surface area contributed by atoms with Crippen LogP contribution in [0.1, 0.15) is 12.8 Å². The predicted octanol–water partition coefficient (Wildman–Crippen LogP) is 2.95. The molecule has 0 bridgehead atoms. The molecule has 21 heavy (non-hydrogen) atoms. The van der Waals surface area contributed by atoms with E-state index in [1.807, 2.05) is 12.1 Å². The number of anilines is 1. The van der Waals surface area contributed by atoms with Crippen molar-refractivity contribution in [3.63, 3.8) is 0 Å². The summed E-state index contributed by atoms with van der Waals surface area (Å²) in [5, 5.41) is 11.2. The van der Waals surface area contributed by atoms with Crippen LogP contribution in [-0.4, -0.2) is 37.5 Å². The molecule has 2 aliphatic rings. The number of ether oxygens (including phenoxy) is 2. The fourth-order valence-corrected chi connectivity index (χ4v) is 3.32. The second-order valence-corrected chi connectivity index (χ2v) is 6.24. The zero-order valence-corrected chi connectivity index (χ0v) is 13.1. The molecule has 0 saturated carbocycles. The standard InChI is InChI=1S/C14H17BrN2O4/c15-11-1-2-12(13(9-11)17(18)19)16-5-3-10(4-6-16)14-20-7-8-21-14/h1-2,9-10,14H,3-8H2. The van der Waals surface area contributed by atoms with Gasteiger partial charge in [-0.15, -0.1) is 0 Å². The van der Waals surface area contributed by atoms with Gasteiger partial charge in [0.1, 0.15) is 5.69 Å². The van der Waals surface area contributed by atoms with Gasteiger partial charge in [0.15, 0.2) is 6.29 Å². The van der Waals surface area contributed by atoms with Crippen LogP contribution in [-0.2, 0) is 9.47 Å². The summed E-state index contributed by atoms with van der Waals surface area (Å²) in [6, 6.07) is 5.22. The summed E-state index contributed by atoms with van der Waals surface area (Å²) in [6.07, 6.45) is 1.77. The van der Waals surface area contributed by atoms with Crippen LogP contribution in [0.3, 0.4) is 0 Å². The molecule has 0 atom stereocenters. The monoisotopic (exact) mass is 356 g/mol. The van der Waals surface area contributed by atoms with Crippen molar-refractivity contribution in [1.29, 1.82) is 0 Å².